The van der Waals surface area contributed by atoms with Gasteiger partial charge in [-0.05, 0) is 36.2 Å². The lowest BCUT2D eigenvalue weighted by Crippen LogP contribution is -2.55. The van der Waals surface area contributed by atoms with Crippen molar-refractivity contribution in [1.82, 2.24) is 0 Å². The zero-order chi connectivity index (χ0) is 16.9. The smallest absolute Gasteiger partial charge is 0.236 e. The Labute approximate surface area is 145 Å². The maximum Gasteiger partial charge on any atom is 0.236 e. The molecule has 4 rings (SSSR count). The van der Waals surface area contributed by atoms with Gasteiger partial charge in [-0.25, -0.2) is 0 Å². The first-order valence-corrected chi connectivity index (χ1v) is 8.37. The maximum atomic E-state index is 12.8. The molecule has 0 saturated carbocycles. The Bertz CT molecular complexity index is 851. The summed E-state index contributed by atoms with van der Waals surface area (Å²) >= 11 is 6.09. The number of amides is 2. The Morgan fingerprint density at radius 2 is 1.96 bits per heavy atom. The largest absolute Gasteiger partial charge is 0.325 e. The van der Waals surface area contributed by atoms with Crippen LogP contribution >= 0.6 is 11.6 Å². The summed E-state index contributed by atoms with van der Waals surface area (Å²) < 4.78 is 0. The number of nitrogens with one attached hydrogen (secondary N) is 1. The third-order valence-corrected chi connectivity index (χ3v) is 5.25. The zero-order valence-corrected chi connectivity index (χ0v) is 14.0. The number of halogens is 1. The highest BCUT2D eigenvalue weighted by Crippen LogP contribution is 2.46. The van der Waals surface area contributed by atoms with Crippen LogP contribution in [0.1, 0.15) is 18.9 Å². The van der Waals surface area contributed by atoms with Crippen molar-refractivity contribution in [2.75, 3.05) is 16.8 Å². The lowest BCUT2D eigenvalue weighted by molar-refractivity contribution is -0.128. The summed E-state index contributed by atoms with van der Waals surface area (Å²) in [4.78, 5) is 27.3. The molecule has 4 nitrogen and oxygen atoms in total. The molecule has 0 radical (unpaired) electrons. The molecule has 2 amide bonds. The molecule has 2 unspecified atom stereocenters. The van der Waals surface area contributed by atoms with E-state index < -0.39 is 5.41 Å². The van der Waals surface area contributed by atoms with Crippen LogP contribution in [0.3, 0.4) is 0 Å². The molecule has 1 fully saturated rings. The average Bonchev–Trinajstić information content (AvgIpc) is 2.83. The van der Waals surface area contributed by atoms with Crippen LogP contribution in [0.5, 0.6) is 0 Å². The van der Waals surface area contributed by atoms with E-state index in [4.69, 9.17) is 11.6 Å². The molecule has 2 heterocycles. The fourth-order valence-electron chi connectivity index (χ4n) is 3.88. The Morgan fingerprint density at radius 3 is 2.75 bits per heavy atom. The number of hydrogen-bond acceptors (Lipinski definition) is 2. The summed E-state index contributed by atoms with van der Waals surface area (Å²) in [7, 11) is 0. The quantitative estimate of drug-likeness (QED) is 0.862. The SMILES string of the molecule is CC1CC2(CN(c3cccc(Cl)c3)C1=O)C(=O)Nc1ccccc12. The average molecular weight is 341 g/mol. The third-order valence-electron chi connectivity index (χ3n) is 5.02. The second-order valence-corrected chi connectivity index (χ2v) is 7.03. The summed E-state index contributed by atoms with van der Waals surface area (Å²) in [6.45, 7) is 2.22. The van der Waals surface area contributed by atoms with Crippen molar-refractivity contribution < 1.29 is 9.59 Å². The monoisotopic (exact) mass is 340 g/mol. The lowest BCUT2D eigenvalue weighted by atomic mass is 9.71. The minimum Gasteiger partial charge on any atom is -0.325 e. The molecule has 5 heteroatoms. The summed E-state index contributed by atoms with van der Waals surface area (Å²) in [5.74, 6) is -0.246. The molecule has 0 aromatic heterocycles. The van der Waals surface area contributed by atoms with Gasteiger partial charge in [-0.15, -0.1) is 0 Å². The van der Waals surface area contributed by atoms with Gasteiger partial charge in [0.2, 0.25) is 11.8 Å². The van der Waals surface area contributed by atoms with E-state index in [1.807, 2.05) is 43.3 Å². The van der Waals surface area contributed by atoms with E-state index in [-0.39, 0.29) is 17.7 Å². The number of carbonyl (C=O) groups is 2. The summed E-state index contributed by atoms with van der Waals surface area (Å²) in [6, 6.07) is 14.9. The van der Waals surface area contributed by atoms with E-state index in [0.717, 1.165) is 16.9 Å². The summed E-state index contributed by atoms with van der Waals surface area (Å²) in [6.07, 6.45) is 0.520. The van der Waals surface area contributed by atoms with Crippen LogP contribution < -0.4 is 10.2 Å². The molecule has 122 valence electrons. The lowest BCUT2D eigenvalue weighted by Gasteiger charge is -2.41. The van der Waals surface area contributed by atoms with Crippen LogP contribution in [0.15, 0.2) is 48.5 Å². The predicted octanol–water partition coefficient (Wildman–Crippen LogP) is 3.60. The molecule has 1 N–H and O–H groups in total. The van der Waals surface area contributed by atoms with Crippen LogP contribution in [-0.2, 0) is 15.0 Å². The second kappa shape index (κ2) is 5.35. The van der Waals surface area contributed by atoms with Gasteiger partial charge < -0.3 is 10.2 Å². The molecule has 2 aromatic rings. The number of carbonyl (C=O) groups excluding carboxylic acids is 2. The highest BCUT2D eigenvalue weighted by Gasteiger charge is 2.53. The molecule has 2 atom stereocenters. The molecular weight excluding hydrogens is 324 g/mol. The number of anilines is 2. The van der Waals surface area contributed by atoms with Gasteiger partial charge in [0.15, 0.2) is 0 Å². The van der Waals surface area contributed by atoms with Crippen molar-refractivity contribution in [3.05, 3.63) is 59.1 Å². The van der Waals surface area contributed by atoms with Crippen LogP contribution in [-0.4, -0.2) is 18.4 Å². The molecule has 2 aliphatic rings. The van der Waals surface area contributed by atoms with Crippen molar-refractivity contribution in [3.8, 4) is 0 Å². The molecular formula is C19H17ClN2O2. The van der Waals surface area contributed by atoms with Crippen molar-refractivity contribution in [2.45, 2.75) is 18.8 Å². The standard InChI is InChI=1S/C19H17ClN2O2/c1-12-10-19(15-7-2-3-8-16(15)21-18(19)24)11-22(17(12)23)14-6-4-5-13(20)9-14/h2-9,12H,10-11H2,1H3,(H,21,24). The van der Waals surface area contributed by atoms with Crippen molar-refractivity contribution in [1.29, 1.82) is 0 Å². The van der Waals surface area contributed by atoms with Crippen LogP contribution in [0, 0.1) is 5.92 Å². The number of benzene rings is 2. The Hall–Kier alpha value is -2.33. The number of piperidine rings is 1. The highest BCUT2D eigenvalue weighted by molar-refractivity contribution is 6.31. The summed E-state index contributed by atoms with van der Waals surface area (Å²) in [5.41, 5.74) is 1.85. The molecule has 2 aromatic carbocycles. The second-order valence-electron chi connectivity index (χ2n) is 6.59. The van der Waals surface area contributed by atoms with E-state index in [1.54, 1.807) is 17.0 Å². The van der Waals surface area contributed by atoms with E-state index in [2.05, 4.69) is 5.32 Å². The highest BCUT2D eigenvalue weighted by atomic mass is 35.5. The van der Waals surface area contributed by atoms with Gasteiger partial charge in [-0.2, -0.15) is 0 Å². The number of para-hydroxylation sites is 1. The van der Waals surface area contributed by atoms with Gasteiger partial charge in [0.1, 0.15) is 0 Å². The van der Waals surface area contributed by atoms with Gasteiger partial charge in [0.05, 0.1) is 5.41 Å². The molecule has 0 bridgehead atoms. The zero-order valence-electron chi connectivity index (χ0n) is 13.3. The first-order valence-electron chi connectivity index (χ1n) is 7.99. The Morgan fingerprint density at radius 1 is 1.17 bits per heavy atom. The van der Waals surface area contributed by atoms with Crippen molar-refractivity contribution >= 4 is 34.8 Å². The molecule has 1 saturated heterocycles. The minimum absolute atomic E-state index is 0.0278. The molecule has 0 aliphatic carbocycles. The summed E-state index contributed by atoms with van der Waals surface area (Å²) in [5, 5.41) is 3.55. The normalized spacial score (nSPS) is 25.8. The molecule has 24 heavy (non-hydrogen) atoms. The number of hydrogen-bond donors (Lipinski definition) is 1. The van der Waals surface area contributed by atoms with E-state index in [9.17, 15) is 9.59 Å². The first kappa shape index (κ1) is 15.2. The van der Waals surface area contributed by atoms with Gasteiger partial charge >= 0.3 is 0 Å². The van der Waals surface area contributed by atoms with Gasteiger partial charge in [0, 0.05) is 28.9 Å². The van der Waals surface area contributed by atoms with Gasteiger partial charge in [-0.3, -0.25) is 9.59 Å². The van der Waals surface area contributed by atoms with E-state index >= 15 is 0 Å². The fourth-order valence-corrected chi connectivity index (χ4v) is 4.07. The first-order chi connectivity index (χ1) is 11.5. The Kier molecular flexibility index (Phi) is 3.39. The number of fused-ring (bicyclic) bond motifs is 2. The number of rotatable bonds is 1. The number of nitrogens with zero attached hydrogens (tertiary/aromatic N) is 1. The van der Waals surface area contributed by atoms with Gasteiger partial charge in [-0.1, -0.05) is 42.8 Å². The molecule has 1 spiro atoms. The van der Waals surface area contributed by atoms with Crippen LogP contribution in [0.25, 0.3) is 0 Å². The van der Waals surface area contributed by atoms with Crippen LogP contribution in [0.2, 0.25) is 5.02 Å². The fraction of sp³-hybridized carbons (Fsp3) is 0.263. The van der Waals surface area contributed by atoms with Crippen molar-refractivity contribution in [3.63, 3.8) is 0 Å². The van der Waals surface area contributed by atoms with E-state index in [0.29, 0.717) is 18.0 Å². The third kappa shape index (κ3) is 2.13. The maximum absolute atomic E-state index is 12.8. The molecule has 2 aliphatic heterocycles. The minimum atomic E-state index is -0.702. The Balaban J connectivity index is 1.82. The predicted molar refractivity (Wildman–Crippen MR) is 94.3 cm³/mol. The topological polar surface area (TPSA) is 49.4 Å². The van der Waals surface area contributed by atoms with E-state index in [1.165, 1.54) is 0 Å². The van der Waals surface area contributed by atoms with Crippen molar-refractivity contribution in [2.24, 2.45) is 5.92 Å². The van der Waals surface area contributed by atoms with Gasteiger partial charge in [0.25, 0.3) is 0 Å². The van der Waals surface area contributed by atoms with Crippen LogP contribution in [0.4, 0.5) is 11.4 Å².